The minimum Gasteiger partial charge on any atom is -0.497 e. The SMILES string of the molecule is COc1cccc(N2CCN(C(=O)c3cc(C(F)(F)F)cc(C(F)(F)F)c3)CC2)c1. The summed E-state index contributed by atoms with van der Waals surface area (Å²) in [5.41, 5.74) is -2.79. The molecule has 0 aromatic heterocycles. The van der Waals surface area contributed by atoms with Gasteiger partial charge < -0.3 is 14.5 Å². The van der Waals surface area contributed by atoms with Gasteiger partial charge in [0.1, 0.15) is 5.75 Å². The lowest BCUT2D eigenvalue weighted by atomic mass is 10.0. The molecule has 0 saturated carbocycles. The van der Waals surface area contributed by atoms with Crippen molar-refractivity contribution in [2.24, 2.45) is 0 Å². The van der Waals surface area contributed by atoms with Gasteiger partial charge in [-0.1, -0.05) is 6.07 Å². The van der Waals surface area contributed by atoms with Crippen molar-refractivity contribution in [1.29, 1.82) is 0 Å². The van der Waals surface area contributed by atoms with Gasteiger partial charge in [-0.05, 0) is 30.3 Å². The third kappa shape index (κ3) is 4.80. The number of benzene rings is 2. The van der Waals surface area contributed by atoms with Crippen LogP contribution >= 0.6 is 0 Å². The third-order valence-corrected chi connectivity index (χ3v) is 4.82. The van der Waals surface area contributed by atoms with E-state index in [-0.39, 0.29) is 19.2 Å². The molecule has 0 atom stereocenters. The molecule has 3 rings (SSSR count). The number of amides is 1. The van der Waals surface area contributed by atoms with Gasteiger partial charge in [0.25, 0.3) is 5.91 Å². The number of alkyl halides is 6. The van der Waals surface area contributed by atoms with Gasteiger partial charge in [0.05, 0.1) is 18.2 Å². The van der Waals surface area contributed by atoms with Crippen molar-refractivity contribution >= 4 is 11.6 Å². The molecule has 0 radical (unpaired) electrons. The zero-order chi connectivity index (χ0) is 22.1. The summed E-state index contributed by atoms with van der Waals surface area (Å²) >= 11 is 0. The van der Waals surface area contributed by atoms with E-state index in [0.29, 0.717) is 31.0 Å². The number of hydrogen-bond donors (Lipinski definition) is 0. The highest BCUT2D eigenvalue weighted by Gasteiger charge is 2.38. The zero-order valence-electron chi connectivity index (χ0n) is 15.8. The van der Waals surface area contributed by atoms with Crippen molar-refractivity contribution in [3.63, 3.8) is 0 Å². The van der Waals surface area contributed by atoms with Crippen molar-refractivity contribution in [3.05, 3.63) is 59.2 Å². The first-order chi connectivity index (χ1) is 14.0. The zero-order valence-corrected chi connectivity index (χ0v) is 15.8. The summed E-state index contributed by atoms with van der Waals surface area (Å²) in [7, 11) is 1.53. The van der Waals surface area contributed by atoms with Gasteiger partial charge in [0.15, 0.2) is 0 Å². The Morgan fingerprint density at radius 1 is 0.867 bits per heavy atom. The van der Waals surface area contributed by atoms with Crippen LogP contribution in [0.5, 0.6) is 5.75 Å². The predicted molar refractivity (Wildman–Crippen MR) is 97.6 cm³/mol. The number of carbonyl (C=O) groups excluding carboxylic acids is 1. The summed E-state index contributed by atoms with van der Waals surface area (Å²) in [5.74, 6) is -0.216. The standard InChI is InChI=1S/C20H18F6N2O2/c1-30-17-4-2-3-16(12-17)27-5-7-28(8-6-27)18(29)13-9-14(19(21,22)23)11-15(10-13)20(24,25)26/h2-4,9-12H,5-8H2,1H3. The normalized spacial score (nSPS) is 15.3. The van der Waals surface area contributed by atoms with E-state index in [9.17, 15) is 31.1 Å². The van der Waals surface area contributed by atoms with Crippen LogP contribution in [0.25, 0.3) is 0 Å². The second-order valence-corrected chi connectivity index (χ2v) is 6.78. The lowest BCUT2D eigenvalue weighted by Gasteiger charge is -2.36. The molecule has 1 saturated heterocycles. The first kappa shape index (κ1) is 21.8. The minimum absolute atomic E-state index is 0.0114. The molecule has 2 aromatic carbocycles. The molecular weight excluding hydrogens is 414 g/mol. The molecule has 0 aliphatic carbocycles. The summed E-state index contributed by atoms with van der Waals surface area (Å²) in [4.78, 5) is 15.9. The minimum atomic E-state index is -5.00. The molecule has 4 nitrogen and oxygen atoms in total. The highest BCUT2D eigenvalue weighted by atomic mass is 19.4. The van der Waals surface area contributed by atoms with E-state index in [2.05, 4.69) is 0 Å². The smallest absolute Gasteiger partial charge is 0.416 e. The maximum atomic E-state index is 13.0. The Kier molecular flexibility index (Phi) is 5.87. The molecule has 10 heteroatoms. The molecule has 0 unspecified atom stereocenters. The largest absolute Gasteiger partial charge is 0.497 e. The molecule has 0 bridgehead atoms. The van der Waals surface area contributed by atoms with Gasteiger partial charge in [0.2, 0.25) is 0 Å². The molecule has 30 heavy (non-hydrogen) atoms. The Labute approximate surface area is 168 Å². The van der Waals surface area contributed by atoms with Gasteiger partial charge in [-0.15, -0.1) is 0 Å². The van der Waals surface area contributed by atoms with Gasteiger partial charge in [0, 0.05) is 43.5 Å². The van der Waals surface area contributed by atoms with Crippen molar-refractivity contribution < 1.29 is 35.9 Å². The van der Waals surface area contributed by atoms with Gasteiger partial charge in [-0.25, -0.2) is 0 Å². The third-order valence-electron chi connectivity index (χ3n) is 4.82. The van der Waals surface area contributed by atoms with Crippen molar-refractivity contribution in [1.82, 2.24) is 4.90 Å². The summed E-state index contributed by atoms with van der Waals surface area (Å²) in [6.45, 7) is 1.08. The van der Waals surface area contributed by atoms with E-state index >= 15 is 0 Å². The van der Waals surface area contributed by atoms with E-state index in [1.54, 1.807) is 18.2 Å². The number of carbonyl (C=O) groups is 1. The predicted octanol–water partition coefficient (Wildman–Crippen LogP) is 4.70. The first-order valence-corrected chi connectivity index (χ1v) is 8.97. The Morgan fingerprint density at radius 2 is 1.43 bits per heavy atom. The molecule has 1 fully saturated rings. The number of halogens is 6. The highest BCUT2D eigenvalue weighted by Crippen LogP contribution is 2.36. The summed E-state index contributed by atoms with van der Waals surface area (Å²) in [6.07, 6.45) is -10.00. The van der Waals surface area contributed by atoms with Gasteiger partial charge >= 0.3 is 12.4 Å². The Bertz CT molecular complexity index is 886. The number of piperazine rings is 1. The van der Waals surface area contributed by atoms with E-state index in [1.165, 1.54) is 12.0 Å². The van der Waals surface area contributed by atoms with Crippen LogP contribution in [0.3, 0.4) is 0 Å². The number of ether oxygens (including phenoxy) is 1. The quantitative estimate of drug-likeness (QED) is 0.660. The van der Waals surface area contributed by atoms with Crippen LogP contribution in [0.1, 0.15) is 21.5 Å². The lowest BCUT2D eigenvalue weighted by Crippen LogP contribution is -2.48. The molecular formula is C20H18F6N2O2. The second kappa shape index (κ2) is 8.08. The molecule has 0 spiro atoms. The van der Waals surface area contributed by atoms with Crippen LogP contribution in [0.2, 0.25) is 0 Å². The number of hydrogen-bond acceptors (Lipinski definition) is 3. The molecule has 1 aliphatic heterocycles. The van der Waals surface area contributed by atoms with Crippen LogP contribution in [0.15, 0.2) is 42.5 Å². The van der Waals surface area contributed by atoms with Crippen LogP contribution < -0.4 is 9.64 Å². The molecule has 2 aromatic rings. The summed E-state index contributed by atoms with van der Waals surface area (Å²) in [5, 5.41) is 0. The summed E-state index contributed by atoms with van der Waals surface area (Å²) < 4.78 is 83.4. The van der Waals surface area contributed by atoms with Crippen LogP contribution in [-0.4, -0.2) is 44.1 Å². The molecule has 1 heterocycles. The van der Waals surface area contributed by atoms with E-state index in [1.807, 2.05) is 11.0 Å². The van der Waals surface area contributed by atoms with E-state index in [4.69, 9.17) is 4.74 Å². The topological polar surface area (TPSA) is 32.8 Å². The van der Waals surface area contributed by atoms with Gasteiger partial charge in [-0.3, -0.25) is 4.79 Å². The number of nitrogens with zero attached hydrogens (tertiary/aromatic N) is 2. The Hall–Kier alpha value is -2.91. The monoisotopic (exact) mass is 432 g/mol. The maximum Gasteiger partial charge on any atom is 0.416 e. The van der Waals surface area contributed by atoms with E-state index < -0.39 is 35.0 Å². The maximum absolute atomic E-state index is 13.0. The molecule has 0 N–H and O–H groups in total. The highest BCUT2D eigenvalue weighted by molar-refractivity contribution is 5.95. The second-order valence-electron chi connectivity index (χ2n) is 6.78. The number of methoxy groups -OCH3 is 1. The Morgan fingerprint density at radius 3 is 1.93 bits per heavy atom. The summed E-state index contributed by atoms with van der Waals surface area (Å²) in [6, 6.07) is 8.17. The van der Waals surface area contributed by atoms with Crippen LogP contribution in [0.4, 0.5) is 32.0 Å². The van der Waals surface area contributed by atoms with E-state index in [0.717, 1.165) is 5.69 Å². The molecule has 1 amide bonds. The van der Waals surface area contributed by atoms with Crippen molar-refractivity contribution in [2.45, 2.75) is 12.4 Å². The fourth-order valence-electron chi connectivity index (χ4n) is 3.24. The number of anilines is 1. The fourth-order valence-corrected chi connectivity index (χ4v) is 3.24. The van der Waals surface area contributed by atoms with Crippen LogP contribution in [0, 0.1) is 0 Å². The molecule has 1 aliphatic rings. The van der Waals surface area contributed by atoms with Crippen LogP contribution in [-0.2, 0) is 12.4 Å². The Balaban J connectivity index is 1.79. The lowest BCUT2D eigenvalue weighted by molar-refractivity contribution is -0.143. The average molecular weight is 432 g/mol. The number of rotatable bonds is 3. The van der Waals surface area contributed by atoms with Gasteiger partial charge in [-0.2, -0.15) is 26.3 Å². The average Bonchev–Trinajstić information content (AvgIpc) is 2.72. The first-order valence-electron chi connectivity index (χ1n) is 8.97. The molecule has 162 valence electrons. The van der Waals surface area contributed by atoms with Crippen molar-refractivity contribution in [2.75, 3.05) is 38.2 Å². The van der Waals surface area contributed by atoms with Crippen molar-refractivity contribution in [3.8, 4) is 5.75 Å². The fraction of sp³-hybridized carbons (Fsp3) is 0.350.